The van der Waals surface area contributed by atoms with Crippen LogP contribution in [0.2, 0.25) is 0 Å². The molecule has 0 saturated heterocycles. The Morgan fingerprint density at radius 3 is 2.28 bits per heavy atom. The zero-order chi connectivity index (χ0) is 13.5. The van der Waals surface area contributed by atoms with Gasteiger partial charge in [-0.3, -0.25) is 4.90 Å². The van der Waals surface area contributed by atoms with Crippen LogP contribution in [0, 0.1) is 5.92 Å². The molecular formula is C15H25NO2. The number of aliphatic hydroxyl groups is 1. The summed E-state index contributed by atoms with van der Waals surface area (Å²) in [6.45, 7) is 7.99. The largest absolute Gasteiger partial charge is 0.494 e. The fraction of sp³-hybridized carbons (Fsp3) is 0.600. The van der Waals surface area contributed by atoms with Gasteiger partial charge in [0.15, 0.2) is 0 Å². The Bertz CT molecular complexity index is 335. The first kappa shape index (κ1) is 15.0. The molecule has 1 aromatic rings. The maximum absolute atomic E-state index is 9.40. The van der Waals surface area contributed by atoms with E-state index in [1.165, 1.54) is 5.56 Å². The first-order valence-electron chi connectivity index (χ1n) is 6.61. The monoisotopic (exact) mass is 251 g/mol. The Labute approximate surface area is 110 Å². The Kier molecular flexibility index (Phi) is 6.16. The summed E-state index contributed by atoms with van der Waals surface area (Å²) in [6.07, 6.45) is 0. The van der Waals surface area contributed by atoms with Gasteiger partial charge in [-0.25, -0.2) is 0 Å². The SMILES string of the molecule is CCOc1ccc(CN(C)C(CO)C(C)C)cc1. The van der Waals surface area contributed by atoms with E-state index in [0.717, 1.165) is 12.3 Å². The van der Waals surface area contributed by atoms with E-state index < -0.39 is 0 Å². The standard InChI is InChI=1S/C15H25NO2/c1-5-18-14-8-6-13(7-9-14)10-16(4)15(11-17)12(2)3/h6-9,12,15,17H,5,10-11H2,1-4H3. The highest BCUT2D eigenvalue weighted by molar-refractivity contribution is 5.27. The van der Waals surface area contributed by atoms with Gasteiger partial charge in [-0.1, -0.05) is 26.0 Å². The highest BCUT2D eigenvalue weighted by Gasteiger charge is 2.17. The molecule has 0 aliphatic rings. The van der Waals surface area contributed by atoms with Crippen LogP contribution >= 0.6 is 0 Å². The molecule has 0 saturated carbocycles. The smallest absolute Gasteiger partial charge is 0.119 e. The summed E-state index contributed by atoms with van der Waals surface area (Å²) in [4.78, 5) is 2.19. The number of nitrogens with zero attached hydrogens (tertiary/aromatic N) is 1. The van der Waals surface area contributed by atoms with Crippen molar-refractivity contribution in [3.05, 3.63) is 29.8 Å². The van der Waals surface area contributed by atoms with Crippen LogP contribution in [0.3, 0.4) is 0 Å². The van der Waals surface area contributed by atoms with Crippen LogP contribution in [0.4, 0.5) is 0 Å². The van der Waals surface area contributed by atoms with Crippen molar-refractivity contribution in [1.29, 1.82) is 0 Å². The van der Waals surface area contributed by atoms with E-state index in [-0.39, 0.29) is 12.6 Å². The minimum absolute atomic E-state index is 0.200. The predicted octanol–water partition coefficient (Wildman–Crippen LogP) is 2.53. The van der Waals surface area contributed by atoms with E-state index in [1.807, 2.05) is 19.1 Å². The molecule has 0 aliphatic carbocycles. The lowest BCUT2D eigenvalue weighted by molar-refractivity contribution is 0.108. The van der Waals surface area contributed by atoms with Gasteiger partial charge in [0, 0.05) is 12.6 Å². The van der Waals surface area contributed by atoms with Crippen LogP contribution in [0.15, 0.2) is 24.3 Å². The van der Waals surface area contributed by atoms with E-state index in [1.54, 1.807) is 0 Å². The van der Waals surface area contributed by atoms with Crippen molar-refractivity contribution in [2.45, 2.75) is 33.4 Å². The van der Waals surface area contributed by atoms with E-state index in [4.69, 9.17) is 4.74 Å². The average Bonchev–Trinajstić information content (AvgIpc) is 2.32. The highest BCUT2D eigenvalue weighted by Crippen LogP contribution is 2.16. The molecule has 0 spiro atoms. The summed E-state index contributed by atoms with van der Waals surface area (Å²) in [6, 6.07) is 8.36. The third-order valence-electron chi connectivity index (χ3n) is 3.19. The third-order valence-corrected chi connectivity index (χ3v) is 3.19. The molecule has 1 rings (SSSR count). The Balaban J connectivity index is 2.60. The number of ether oxygens (including phenoxy) is 1. The zero-order valence-electron chi connectivity index (χ0n) is 11.9. The molecule has 3 nitrogen and oxygen atoms in total. The molecule has 1 unspecified atom stereocenters. The molecule has 0 amide bonds. The van der Waals surface area contributed by atoms with Crippen LogP contribution in [0.1, 0.15) is 26.3 Å². The molecule has 1 atom stereocenters. The van der Waals surface area contributed by atoms with Crippen molar-refractivity contribution in [3.63, 3.8) is 0 Å². The quantitative estimate of drug-likeness (QED) is 0.808. The van der Waals surface area contributed by atoms with E-state index in [9.17, 15) is 5.11 Å². The van der Waals surface area contributed by atoms with Crippen molar-refractivity contribution in [1.82, 2.24) is 4.90 Å². The second-order valence-corrected chi connectivity index (χ2v) is 4.99. The molecule has 18 heavy (non-hydrogen) atoms. The van der Waals surface area contributed by atoms with Gasteiger partial charge >= 0.3 is 0 Å². The summed E-state index contributed by atoms with van der Waals surface area (Å²) in [5.74, 6) is 1.36. The summed E-state index contributed by atoms with van der Waals surface area (Å²) < 4.78 is 5.42. The fourth-order valence-corrected chi connectivity index (χ4v) is 2.12. The van der Waals surface area contributed by atoms with Gasteiger partial charge in [-0.2, -0.15) is 0 Å². The van der Waals surface area contributed by atoms with Crippen LogP contribution in [0.25, 0.3) is 0 Å². The topological polar surface area (TPSA) is 32.7 Å². The maximum atomic E-state index is 9.40. The number of rotatable bonds is 7. The normalized spacial score (nSPS) is 13.1. The number of hydrogen-bond acceptors (Lipinski definition) is 3. The lowest BCUT2D eigenvalue weighted by Crippen LogP contribution is -2.38. The lowest BCUT2D eigenvalue weighted by Gasteiger charge is -2.29. The van der Waals surface area contributed by atoms with Crippen LogP contribution in [-0.2, 0) is 6.54 Å². The van der Waals surface area contributed by atoms with Gasteiger partial charge in [-0.15, -0.1) is 0 Å². The first-order valence-corrected chi connectivity index (χ1v) is 6.61. The molecular weight excluding hydrogens is 226 g/mol. The van der Waals surface area contributed by atoms with Crippen molar-refractivity contribution in [2.75, 3.05) is 20.3 Å². The Hall–Kier alpha value is -1.06. The molecule has 0 fully saturated rings. The minimum atomic E-state index is 0.200. The molecule has 0 aliphatic heterocycles. The molecule has 102 valence electrons. The van der Waals surface area contributed by atoms with Crippen LogP contribution in [0.5, 0.6) is 5.75 Å². The van der Waals surface area contributed by atoms with Gasteiger partial charge in [-0.05, 0) is 37.6 Å². The lowest BCUT2D eigenvalue weighted by atomic mass is 10.0. The van der Waals surface area contributed by atoms with Crippen molar-refractivity contribution < 1.29 is 9.84 Å². The molecule has 0 heterocycles. The summed E-state index contributed by atoms with van der Waals surface area (Å²) in [5.41, 5.74) is 1.24. The van der Waals surface area contributed by atoms with Crippen LogP contribution in [-0.4, -0.2) is 36.3 Å². The molecule has 1 aromatic carbocycles. The molecule has 0 radical (unpaired) electrons. The van der Waals surface area contributed by atoms with E-state index in [0.29, 0.717) is 12.5 Å². The Morgan fingerprint density at radius 2 is 1.83 bits per heavy atom. The van der Waals surface area contributed by atoms with Crippen molar-refractivity contribution in [2.24, 2.45) is 5.92 Å². The predicted molar refractivity (Wildman–Crippen MR) is 74.8 cm³/mol. The fourth-order valence-electron chi connectivity index (χ4n) is 2.12. The second kappa shape index (κ2) is 7.39. The molecule has 0 bridgehead atoms. The minimum Gasteiger partial charge on any atom is -0.494 e. The maximum Gasteiger partial charge on any atom is 0.119 e. The van der Waals surface area contributed by atoms with Gasteiger partial charge in [0.2, 0.25) is 0 Å². The molecule has 3 heteroatoms. The van der Waals surface area contributed by atoms with Crippen LogP contribution < -0.4 is 4.74 Å². The molecule has 0 aromatic heterocycles. The number of likely N-dealkylation sites (N-methyl/N-ethyl adjacent to an activating group) is 1. The highest BCUT2D eigenvalue weighted by atomic mass is 16.5. The number of hydrogen-bond donors (Lipinski definition) is 1. The molecule has 1 N–H and O–H groups in total. The summed E-state index contributed by atoms with van der Waals surface area (Å²) in [7, 11) is 2.05. The Morgan fingerprint density at radius 1 is 1.22 bits per heavy atom. The number of benzene rings is 1. The number of aliphatic hydroxyl groups excluding tert-OH is 1. The van der Waals surface area contributed by atoms with E-state index in [2.05, 4.69) is 37.9 Å². The average molecular weight is 251 g/mol. The van der Waals surface area contributed by atoms with Crippen molar-refractivity contribution >= 4 is 0 Å². The van der Waals surface area contributed by atoms with E-state index >= 15 is 0 Å². The van der Waals surface area contributed by atoms with Gasteiger partial charge < -0.3 is 9.84 Å². The summed E-state index contributed by atoms with van der Waals surface area (Å²) >= 11 is 0. The van der Waals surface area contributed by atoms with Crippen molar-refractivity contribution in [3.8, 4) is 5.75 Å². The van der Waals surface area contributed by atoms with Gasteiger partial charge in [0.1, 0.15) is 5.75 Å². The van der Waals surface area contributed by atoms with Gasteiger partial charge in [0.25, 0.3) is 0 Å². The third kappa shape index (κ3) is 4.31. The second-order valence-electron chi connectivity index (χ2n) is 4.99. The summed E-state index contributed by atoms with van der Waals surface area (Å²) in [5, 5.41) is 9.40. The first-order chi connectivity index (χ1) is 8.58. The van der Waals surface area contributed by atoms with Gasteiger partial charge in [0.05, 0.1) is 13.2 Å². The zero-order valence-corrected chi connectivity index (χ0v) is 11.9.